The summed E-state index contributed by atoms with van der Waals surface area (Å²) in [4.78, 5) is 64.9. The van der Waals surface area contributed by atoms with Gasteiger partial charge >= 0.3 is 6.18 Å². The van der Waals surface area contributed by atoms with Gasteiger partial charge in [-0.2, -0.15) is 18.4 Å². The normalized spacial score (nSPS) is 17.6. The smallest absolute Gasteiger partial charge is 0.341 e. The van der Waals surface area contributed by atoms with Crippen LogP contribution in [0.25, 0.3) is 11.0 Å². The van der Waals surface area contributed by atoms with Crippen molar-refractivity contribution in [3.63, 3.8) is 0 Å². The third kappa shape index (κ3) is 8.90. The van der Waals surface area contributed by atoms with Gasteiger partial charge in [-0.15, -0.1) is 0 Å². The zero-order valence-electron chi connectivity index (χ0n) is 35.4. The lowest BCUT2D eigenvalue weighted by atomic mass is 9.96. The molecule has 5 aromatic rings. The van der Waals surface area contributed by atoms with Crippen molar-refractivity contribution in [2.24, 2.45) is 5.92 Å². The number of anilines is 4. The average Bonchev–Trinajstić information content (AvgIpc) is 3.45. The Hall–Kier alpha value is -6.36. The van der Waals surface area contributed by atoms with Crippen LogP contribution in [0.15, 0.2) is 71.9 Å². The molecule has 6 heterocycles. The van der Waals surface area contributed by atoms with Crippen molar-refractivity contribution >= 4 is 63.2 Å². The predicted octanol–water partition coefficient (Wildman–Crippen LogP) is 6.51. The number of rotatable bonds is 10. The number of halogens is 4. The van der Waals surface area contributed by atoms with Crippen LogP contribution in [-0.4, -0.2) is 98.0 Å². The number of piperazine rings is 1. The summed E-state index contributed by atoms with van der Waals surface area (Å²) in [5.41, 5.74) is -0.117. The number of carbonyl (C=O) groups excluding carboxylic acids is 2. The summed E-state index contributed by atoms with van der Waals surface area (Å²) in [6.45, 7) is 12.2. The number of thiocarbonyl (C=S) groups is 1. The van der Waals surface area contributed by atoms with E-state index in [-0.39, 0.29) is 33.3 Å². The topological polar surface area (TPSA) is 158 Å². The molecule has 2 N–H and O–H groups in total. The summed E-state index contributed by atoms with van der Waals surface area (Å²) < 4.78 is 56.9. The van der Waals surface area contributed by atoms with Crippen molar-refractivity contribution in [1.82, 2.24) is 29.7 Å². The standard InChI is InChI=1S/C45H45F4N11O3S/c1-4-29-18-37-38(55-39(29)61)17-28(22-51-37)26-57-15-13-56(14-16-57)25-27-9-11-58(12-10-27)42-52-23-31(24-53-42)54-40(62)34-8-7-33(20-36(34)46)60-43(64)59(41(63)44(60,2)3)32-6-5-30(21-50)35(19-32)45(47,48)49/h5-8,17-20,22-24,27H,4,9-16,25-26H2,1-3H3,(H,54,62)(H,55,61). The van der Waals surface area contributed by atoms with Gasteiger partial charge in [-0.25, -0.2) is 14.4 Å². The molecule has 3 aliphatic rings. The summed E-state index contributed by atoms with van der Waals surface area (Å²) in [6.07, 6.45) is 2.60. The monoisotopic (exact) mass is 895 g/mol. The molecule has 0 radical (unpaired) electrons. The van der Waals surface area contributed by atoms with Crippen LogP contribution in [0.4, 0.5) is 40.6 Å². The molecule has 0 unspecified atom stereocenters. The highest BCUT2D eigenvalue weighted by atomic mass is 32.1. The molecular formula is C45H45F4N11O3S. The highest BCUT2D eigenvalue weighted by molar-refractivity contribution is 7.81. The lowest BCUT2D eigenvalue weighted by molar-refractivity contribution is -0.137. The SMILES string of the molecule is CCc1cc2ncc(CN3CCN(CC4CCN(c5ncc(NC(=O)c6ccc(N7C(=S)N(c8ccc(C#N)c(C(F)(F)F)c8)C(=O)C7(C)C)cc6F)cn5)CC4)CC3)cc2[nH]c1=O. The van der Waals surface area contributed by atoms with Gasteiger partial charge in [-0.05, 0) is 105 Å². The van der Waals surface area contributed by atoms with Crippen LogP contribution in [0.5, 0.6) is 0 Å². The maximum atomic E-state index is 15.6. The van der Waals surface area contributed by atoms with E-state index in [1.54, 1.807) is 0 Å². The molecule has 3 aromatic heterocycles. The quantitative estimate of drug-likeness (QED) is 0.116. The predicted molar refractivity (Wildman–Crippen MR) is 238 cm³/mol. The van der Waals surface area contributed by atoms with Crippen LogP contribution in [0.2, 0.25) is 0 Å². The first kappa shape index (κ1) is 44.3. The third-order valence-corrected chi connectivity index (χ3v) is 12.6. The number of aromatic amines is 1. The number of nitrogens with zero attached hydrogens (tertiary/aromatic N) is 9. The van der Waals surface area contributed by atoms with Crippen LogP contribution >= 0.6 is 12.2 Å². The second-order valence-corrected chi connectivity index (χ2v) is 17.2. The number of benzene rings is 2. The van der Waals surface area contributed by atoms with Crippen LogP contribution in [0.1, 0.15) is 66.2 Å². The van der Waals surface area contributed by atoms with E-state index in [0.29, 0.717) is 24.4 Å². The van der Waals surface area contributed by atoms with E-state index in [9.17, 15) is 32.8 Å². The van der Waals surface area contributed by atoms with E-state index in [1.807, 2.05) is 25.3 Å². The van der Waals surface area contributed by atoms with Gasteiger partial charge in [0.25, 0.3) is 17.4 Å². The fraction of sp³-hybridized carbons (Fsp3) is 0.378. The van der Waals surface area contributed by atoms with Gasteiger partial charge in [0.15, 0.2) is 5.11 Å². The molecule has 19 heteroatoms. The molecule has 2 amide bonds. The maximum Gasteiger partial charge on any atom is 0.417 e. The fourth-order valence-corrected chi connectivity index (χ4v) is 9.14. The van der Waals surface area contributed by atoms with Crippen LogP contribution in [0, 0.1) is 23.1 Å². The number of nitriles is 1. The Balaban J connectivity index is 0.819. The van der Waals surface area contributed by atoms with Gasteiger partial charge in [0.05, 0.1) is 57.6 Å². The van der Waals surface area contributed by atoms with Crippen molar-refractivity contribution in [2.75, 3.05) is 65.8 Å². The lowest BCUT2D eigenvalue weighted by Crippen LogP contribution is -2.48. The second kappa shape index (κ2) is 17.7. The van der Waals surface area contributed by atoms with E-state index in [1.165, 1.54) is 55.4 Å². The Morgan fingerprint density at radius 2 is 1.62 bits per heavy atom. The number of hydrogen-bond donors (Lipinski definition) is 2. The average molecular weight is 896 g/mol. The molecule has 0 aliphatic carbocycles. The van der Waals surface area contributed by atoms with Gasteiger partial charge in [0.1, 0.15) is 11.4 Å². The number of amides is 2. The minimum absolute atomic E-state index is 0.0580. The lowest BCUT2D eigenvalue weighted by Gasteiger charge is -2.39. The van der Waals surface area contributed by atoms with E-state index < -0.39 is 40.5 Å². The molecule has 0 atom stereocenters. The molecule has 14 nitrogen and oxygen atoms in total. The first-order valence-corrected chi connectivity index (χ1v) is 21.4. The van der Waals surface area contributed by atoms with Crippen molar-refractivity contribution in [1.29, 1.82) is 5.26 Å². The number of alkyl halides is 3. The van der Waals surface area contributed by atoms with Crippen molar-refractivity contribution in [3.8, 4) is 6.07 Å². The molecule has 332 valence electrons. The Labute approximate surface area is 371 Å². The van der Waals surface area contributed by atoms with Crippen molar-refractivity contribution < 1.29 is 27.2 Å². The van der Waals surface area contributed by atoms with Gasteiger partial charge in [-0.3, -0.25) is 29.2 Å². The maximum absolute atomic E-state index is 15.6. The molecule has 0 bridgehead atoms. The van der Waals surface area contributed by atoms with E-state index in [2.05, 4.69) is 40.0 Å². The Morgan fingerprint density at radius 1 is 0.938 bits per heavy atom. The number of pyridine rings is 2. The van der Waals surface area contributed by atoms with Gasteiger partial charge in [0.2, 0.25) is 5.95 Å². The summed E-state index contributed by atoms with van der Waals surface area (Å²) >= 11 is 5.55. The number of aromatic nitrogens is 4. The number of H-pyrrole nitrogens is 1. The summed E-state index contributed by atoms with van der Waals surface area (Å²) in [6, 6.07) is 11.9. The molecule has 0 spiro atoms. The molecule has 3 saturated heterocycles. The van der Waals surface area contributed by atoms with Crippen LogP contribution in [0.3, 0.4) is 0 Å². The van der Waals surface area contributed by atoms with Crippen LogP contribution < -0.4 is 25.6 Å². The summed E-state index contributed by atoms with van der Waals surface area (Å²) in [5, 5.41) is 11.6. The first-order chi connectivity index (χ1) is 30.5. The van der Waals surface area contributed by atoms with E-state index in [4.69, 9.17) is 12.2 Å². The number of piperidine rings is 1. The second-order valence-electron chi connectivity index (χ2n) is 16.8. The number of aryl methyl sites for hydroxylation is 1. The molecule has 3 fully saturated rings. The number of nitrogens with one attached hydrogen (secondary N) is 2. The Morgan fingerprint density at radius 3 is 2.28 bits per heavy atom. The first-order valence-electron chi connectivity index (χ1n) is 21.0. The number of carbonyl (C=O) groups is 2. The van der Waals surface area contributed by atoms with E-state index in [0.717, 1.165) is 104 Å². The van der Waals surface area contributed by atoms with Gasteiger partial charge in [-0.1, -0.05) is 6.92 Å². The molecule has 64 heavy (non-hydrogen) atoms. The summed E-state index contributed by atoms with van der Waals surface area (Å²) in [7, 11) is 0. The molecule has 3 aliphatic heterocycles. The molecule has 8 rings (SSSR count). The zero-order valence-corrected chi connectivity index (χ0v) is 36.2. The van der Waals surface area contributed by atoms with Gasteiger partial charge < -0.3 is 25.0 Å². The number of fused-ring (bicyclic) bond motifs is 1. The van der Waals surface area contributed by atoms with E-state index >= 15 is 4.39 Å². The minimum Gasteiger partial charge on any atom is -0.341 e. The highest BCUT2D eigenvalue weighted by Gasteiger charge is 2.51. The third-order valence-electron chi connectivity index (χ3n) is 12.2. The zero-order chi connectivity index (χ0) is 45.5. The molecule has 0 saturated carbocycles. The highest BCUT2D eigenvalue weighted by Crippen LogP contribution is 2.40. The summed E-state index contributed by atoms with van der Waals surface area (Å²) in [5.74, 6) is -1.30. The molecular weight excluding hydrogens is 851 g/mol. The Bertz CT molecular complexity index is 2720. The van der Waals surface area contributed by atoms with Crippen molar-refractivity contribution in [3.05, 3.63) is 111 Å². The minimum atomic E-state index is -4.86. The largest absolute Gasteiger partial charge is 0.417 e. The fourth-order valence-electron chi connectivity index (χ4n) is 8.62. The Kier molecular flexibility index (Phi) is 12.2. The number of hydrogen-bond acceptors (Lipinski definition) is 11. The van der Waals surface area contributed by atoms with Crippen molar-refractivity contribution in [2.45, 2.75) is 58.3 Å². The molecule has 2 aromatic carbocycles. The van der Waals surface area contributed by atoms with Crippen LogP contribution in [-0.2, 0) is 23.9 Å². The van der Waals surface area contributed by atoms with Gasteiger partial charge in [0, 0.05) is 69.8 Å².